The molecule has 0 aliphatic carbocycles. The van der Waals surface area contributed by atoms with E-state index in [4.69, 9.17) is 11.6 Å². The summed E-state index contributed by atoms with van der Waals surface area (Å²) >= 11 is 5.59. The lowest BCUT2D eigenvalue weighted by atomic mass is 10.1. The predicted octanol–water partition coefficient (Wildman–Crippen LogP) is 2.81. The van der Waals surface area contributed by atoms with Crippen molar-refractivity contribution >= 4 is 17.6 Å². The minimum Gasteiger partial charge on any atom is -0.465 e. The number of halogens is 3. The van der Waals surface area contributed by atoms with Crippen molar-refractivity contribution in [2.24, 2.45) is 0 Å². The maximum Gasteiger partial charge on any atom is 0.328 e. The van der Waals surface area contributed by atoms with Crippen LogP contribution in [-0.2, 0) is 9.53 Å². The molecule has 1 atom stereocenters. The molecule has 15 heavy (non-hydrogen) atoms. The quantitative estimate of drug-likeness (QED) is 0.594. The molecule has 82 valence electrons. The number of carbonyl (C=O) groups excluding carboxylic acids is 1. The van der Waals surface area contributed by atoms with Crippen molar-refractivity contribution in [3.8, 4) is 0 Å². The zero-order valence-electron chi connectivity index (χ0n) is 7.97. The Labute approximate surface area is 90.8 Å². The van der Waals surface area contributed by atoms with Gasteiger partial charge in [-0.25, -0.2) is 8.78 Å². The highest BCUT2D eigenvalue weighted by atomic mass is 35.5. The molecule has 0 N–H and O–H groups in total. The van der Waals surface area contributed by atoms with Gasteiger partial charge in [-0.2, -0.15) is 0 Å². The van der Waals surface area contributed by atoms with Crippen molar-refractivity contribution < 1.29 is 18.3 Å². The van der Waals surface area contributed by atoms with Crippen LogP contribution in [-0.4, -0.2) is 12.6 Å². The molecule has 0 aliphatic heterocycles. The highest BCUT2D eigenvalue weighted by Gasteiger charge is 2.25. The molecule has 0 aromatic heterocycles. The smallest absolute Gasteiger partial charge is 0.328 e. The summed E-state index contributed by atoms with van der Waals surface area (Å²) in [5.41, 5.74) is -0.474. The van der Waals surface area contributed by atoms with Crippen LogP contribution in [0.4, 0.5) is 8.78 Å². The molecular formula is C10H9ClF2O2. The van der Waals surface area contributed by atoms with E-state index in [9.17, 15) is 13.6 Å². The van der Waals surface area contributed by atoms with Gasteiger partial charge in [0, 0.05) is 0 Å². The van der Waals surface area contributed by atoms with Crippen molar-refractivity contribution in [1.29, 1.82) is 0 Å². The van der Waals surface area contributed by atoms with Gasteiger partial charge in [0.25, 0.3) is 0 Å². The van der Waals surface area contributed by atoms with Crippen LogP contribution >= 0.6 is 11.6 Å². The fourth-order valence-corrected chi connectivity index (χ4v) is 1.36. The maximum atomic E-state index is 13.2. The van der Waals surface area contributed by atoms with Crippen LogP contribution in [0.1, 0.15) is 17.9 Å². The third-order valence-corrected chi connectivity index (χ3v) is 2.14. The van der Waals surface area contributed by atoms with E-state index in [1.54, 1.807) is 6.92 Å². The lowest BCUT2D eigenvalue weighted by molar-refractivity contribution is -0.142. The minimum atomic E-state index is -1.45. The molecule has 0 amide bonds. The number of esters is 1. The molecule has 0 spiro atoms. The van der Waals surface area contributed by atoms with Gasteiger partial charge < -0.3 is 4.74 Å². The molecule has 2 nitrogen and oxygen atoms in total. The third kappa shape index (κ3) is 2.65. The second-order valence-electron chi connectivity index (χ2n) is 2.75. The van der Waals surface area contributed by atoms with E-state index in [1.165, 1.54) is 6.07 Å². The molecule has 1 aromatic rings. The average Bonchev–Trinajstić information content (AvgIpc) is 2.17. The number of hydrogen-bond donors (Lipinski definition) is 0. The zero-order chi connectivity index (χ0) is 11.4. The fraction of sp³-hybridized carbons (Fsp3) is 0.300. The molecular weight excluding hydrogens is 226 g/mol. The van der Waals surface area contributed by atoms with E-state index in [2.05, 4.69) is 4.74 Å². The van der Waals surface area contributed by atoms with E-state index < -0.39 is 28.5 Å². The molecule has 1 rings (SSSR count). The fourth-order valence-electron chi connectivity index (χ4n) is 1.09. The average molecular weight is 235 g/mol. The second-order valence-corrected chi connectivity index (χ2v) is 3.19. The maximum absolute atomic E-state index is 13.2. The third-order valence-electron chi connectivity index (χ3n) is 1.75. The minimum absolute atomic E-state index is 0.109. The van der Waals surface area contributed by atoms with Gasteiger partial charge >= 0.3 is 5.97 Å². The first-order chi connectivity index (χ1) is 7.07. The Morgan fingerprint density at radius 3 is 2.47 bits per heavy atom. The van der Waals surface area contributed by atoms with Crippen LogP contribution in [0, 0.1) is 11.6 Å². The Morgan fingerprint density at radius 2 is 2.00 bits per heavy atom. The van der Waals surface area contributed by atoms with Gasteiger partial charge in [0.15, 0.2) is 5.38 Å². The summed E-state index contributed by atoms with van der Waals surface area (Å²) in [5, 5.41) is -1.45. The highest BCUT2D eigenvalue weighted by molar-refractivity contribution is 6.30. The number of carbonyl (C=O) groups is 1. The van der Waals surface area contributed by atoms with Crippen LogP contribution in [0.15, 0.2) is 18.2 Å². The van der Waals surface area contributed by atoms with E-state index in [1.807, 2.05) is 0 Å². The van der Waals surface area contributed by atoms with Crippen LogP contribution in [0.5, 0.6) is 0 Å². The Kier molecular flexibility index (Phi) is 4.03. The van der Waals surface area contributed by atoms with Crippen molar-refractivity contribution in [2.75, 3.05) is 6.61 Å². The lowest BCUT2D eigenvalue weighted by Crippen LogP contribution is -2.13. The summed E-state index contributed by atoms with van der Waals surface area (Å²) in [4.78, 5) is 11.2. The van der Waals surface area contributed by atoms with Gasteiger partial charge in [0.05, 0.1) is 12.2 Å². The van der Waals surface area contributed by atoms with Crippen molar-refractivity contribution in [1.82, 2.24) is 0 Å². The summed E-state index contributed by atoms with van der Waals surface area (Å²) < 4.78 is 30.9. The Morgan fingerprint density at radius 1 is 1.47 bits per heavy atom. The monoisotopic (exact) mass is 234 g/mol. The van der Waals surface area contributed by atoms with Crippen molar-refractivity contribution in [3.05, 3.63) is 35.4 Å². The van der Waals surface area contributed by atoms with Gasteiger partial charge in [-0.05, 0) is 19.1 Å². The van der Waals surface area contributed by atoms with Gasteiger partial charge in [-0.3, -0.25) is 4.79 Å². The molecule has 0 radical (unpaired) electrons. The lowest BCUT2D eigenvalue weighted by Gasteiger charge is -2.10. The Bertz CT molecular complexity index is 348. The molecule has 1 aromatic carbocycles. The number of rotatable bonds is 3. The van der Waals surface area contributed by atoms with E-state index in [-0.39, 0.29) is 6.61 Å². The molecule has 0 heterocycles. The topological polar surface area (TPSA) is 26.3 Å². The summed E-state index contributed by atoms with van der Waals surface area (Å²) in [7, 11) is 0. The van der Waals surface area contributed by atoms with Gasteiger partial charge in [0.1, 0.15) is 11.6 Å². The molecule has 0 saturated heterocycles. The van der Waals surface area contributed by atoms with Gasteiger partial charge in [-0.15, -0.1) is 11.6 Å². The van der Waals surface area contributed by atoms with Crippen molar-refractivity contribution in [2.45, 2.75) is 12.3 Å². The summed E-state index contributed by atoms with van der Waals surface area (Å²) in [6.07, 6.45) is 0. The number of hydrogen-bond acceptors (Lipinski definition) is 2. The first-order valence-electron chi connectivity index (χ1n) is 4.32. The molecule has 0 bridgehead atoms. The van der Waals surface area contributed by atoms with Gasteiger partial charge in [-0.1, -0.05) is 6.07 Å². The largest absolute Gasteiger partial charge is 0.465 e. The predicted molar refractivity (Wildman–Crippen MR) is 51.6 cm³/mol. The summed E-state index contributed by atoms with van der Waals surface area (Å²) in [6.45, 7) is 1.69. The van der Waals surface area contributed by atoms with Crippen LogP contribution in [0.3, 0.4) is 0 Å². The van der Waals surface area contributed by atoms with Crippen LogP contribution in [0.25, 0.3) is 0 Å². The zero-order valence-corrected chi connectivity index (χ0v) is 8.72. The van der Waals surface area contributed by atoms with Crippen molar-refractivity contribution in [3.63, 3.8) is 0 Å². The van der Waals surface area contributed by atoms with Crippen LogP contribution in [0.2, 0.25) is 0 Å². The molecule has 0 aliphatic rings. The standard InChI is InChI=1S/C10H9ClF2O2/c1-2-15-10(14)9(11)8-6(12)4-3-5-7(8)13/h3-5,9H,2H2,1H3. The molecule has 0 fully saturated rings. The van der Waals surface area contributed by atoms with Crippen LogP contribution < -0.4 is 0 Å². The number of ether oxygens (including phenoxy) is 1. The first-order valence-corrected chi connectivity index (χ1v) is 4.76. The Balaban J connectivity index is 3.00. The van der Waals surface area contributed by atoms with E-state index in [0.29, 0.717) is 0 Å². The van der Waals surface area contributed by atoms with E-state index in [0.717, 1.165) is 12.1 Å². The van der Waals surface area contributed by atoms with Gasteiger partial charge in [0.2, 0.25) is 0 Å². The Hall–Kier alpha value is -1.16. The molecule has 0 saturated carbocycles. The number of benzene rings is 1. The molecule has 5 heteroatoms. The normalized spacial score (nSPS) is 12.3. The first kappa shape index (κ1) is 11.9. The van der Waals surface area contributed by atoms with E-state index >= 15 is 0 Å². The summed E-state index contributed by atoms with van der Waals surface area (Å²) in [6, 6.07) is 3.27. The summed E-state index contributed by atoms with van der Waals surface area (Å²) in [5.74, 6) is -2.57. The second kappa shape index (κ2) is 5.07. The SMILES string of the molecule is CCOC(=O)C(Cl)c1c(F)cccc1F. The molecule has 1 unspecified atom stereocenters. The highest BCUT2D eigenvalue weighted by Crippen LogP contribution is 2.27. The number of alkyl halides is 1.